The van der Waals surface area contributed by atoms with Gasteiger partial charge in [-0.1, -0.05) is 17.7 Å². The summed E-state index contributed by atoms with van der Waals surface area (Å²) in [5, 5.41) is -0.186. The van der Waals surface area contributed by atoms with Crippen LogP contribution < -0.4 is 9.46 Å². The summed E-state index contributed by atoms with van der Waals surface area (Å²) >= 11 is 5.63. The van der Waals surface area contributed by atoms with Gasteiger partial charge in [0.2, 0.25) is 0 Å². The number of rotatable bonds is 7. The van der Waals surface area contributed by atoms with E-state index in [0.717, 1.165) is 0 Å². The van der Waals surface area contributed by atoms with Gasteiger partial charge in [0.05, 0.1) is 35.7 Å². The van der Waals surface area contributed by atoms with Crippen molar-refractivity contribution in [2.45, 2.75) is 11.3 Å². The number of ether oxygens (including phenoxy) is 2. The molecule has 0 atom stereocenters. The molecule has 0 radical (unpaired) electrons. The zero-order valence-corrected chi connectivity index (χ0v) is 14.7. The smallest absolute Gasteiger partial charge is 0.308 e. The number of carbonyl (C=O) groups excluding carboxylic acids is 1. The predicted molar refractivity (Wildman–Crippen MR) is 90.8 cm³/mol. The first-order valence-electron chi connectivity index (χ1n) is 7.10. The third-order valence-electron chi connectivity index (χ3n) is 3.13. The van der Waals surface area contributed by atoms with E-state index in [1.54, 1.807) is 0 Å². The van der Waals surface area contributed by atoms with Crippen molar-refractivity contribution in [2.24, 2.45) is 0 Å². The van der Waals surface area contributed by atoms with Crippen molar-refractivity contribution >= 4 is 33.3 Å². The molecule has 0 spiro atoms. The molecule has 6 nitrogen and oxygen atoms in total. The number of halogens is 2. The Hall–Kier alpha value is -2.32. The highest BCUT2D eigenvalue weighted by Crippen LogP contribution is 2.25. The second kappa shape index (κ2) is 8.17. The van der Waals surface area contributed by atoms with Crippen molar-refractivity contribution in [3.05, 3.63) is 53.3 Å². The molecule has 0 aliphatic carbocycles. The average Bonchev–Trinajstić information content (AvgIpc) is 2.59. The summed E-state index contributed by atoms with van der Waals surface area (Å²) in [7, 11) is -2.71. The van der Waals surface area contributed by atoms with Crippen LogP contribution in [0, 0.1) is 5.82 Å². The van der Waals surface area contributed by atoms with Gasteiger partial charge in [0, 0.05) is 0 Å². The van der Waals surface area contributed by atoms with Crippen molar-refractivity contribution in [3.63, 3.8) is 0 Å². The number of hydrogen-bond acceptors (Lipinski definition) is 5. The summed E-state index contributed by atoms with van der Waals surface area (Å²) in [5.74, 6) is -0.876. The number of methoxy groups -OCH3 is 1. The highest BCUT2D eigenvalue weighted by molar-refractivity contribution is 7.92. The minimum absolute atomic E-state index is 0.0755. The van der Waals surface area contributed by atoms with Gasteiger partial charge in [0.15, 0.2) is 5.82 Å². The lowest BCUT2D eigenvalue weighted by molar-refractivity contribution is -0.141. The van der Waals surface area contributed by atoms with Gasteiger partial charge in [0.1, 0.15) is 5.75 Å². The second-order valence-electron chi connectivity index (χ2n) is 4.85. The topological polar surface area (TPSA) is 81.7 Å². The maximum atomic E-state index is 13.8. The number of sulfonamides is 1. The lowest BCUT2D eigenvalue weighted by Gasteiger charge is -2.10. The fourth-order valence-electron chi connectivity index (χ4n) is 1.86. The fourth-order valence-corrected chi connectivity index (χ4v) is 3.09. The van der Waals surface area contributed by atoms with Gasteiger partial charge in [-0.15, -0.1) is 0 Å². The van der Waals surface area contributed by atoms with Gasteiger partial charge < -0.3 is 9.47 Å². The molecule has 0 aliphatic rings. The highest BCUT2D eigenvalue weighted by Gasteiger charge is 2.17. The van der Waals surface area contributed by atoms with Crippen LogP contribution in [0.5, 0.6) is 5.75 Å². The largest absolute Gasteiger partial charge is 0.493 e. The molecule has 0 bridgehead atoms. The van der Waals surface area contributed by atoms with Crippen LogP contribution in [0.4, 0.5) is 10.1 Å². The summed E-state index contributed by atoms with van der Waals surface area (Å²) in [6, 6.07) is 9.48. The molecule has 1 N–H and O–H groups in total. The van der Waals surface area contributed by atoms with E-state index in [4.69, 9.17) is 16.3 Å². The summed E-state index contributed by atoms with van der Waals surface area (Å²) < 4.78 is 50.3. The van der Waals surface area contributed by atoms with Crippen molar-refractivity contribution in [3.8, 4) is 5.75 Å². The van der Waals surface area contributed by atoms with Gasteiger partial charge in [0.25, 0.3) is 10.0 Å². The minimum Gasteiger partial charge on any atom is -0.493 e. The summed E-state index contributed by atoms with van der Waals surface area (Å²) in [6.45, 7) is 0.102. The third kappa shape index (κ3) is 5.07. The first-order valence-corrected chi connectivity index (χ1v) is 8.96. The summed E-state index contributed by atoms with van der Waals surface area (Å²) in [5.41, 5.74) is -0.245. The van der Waals surface area contributed by atoms with Crippen LogP contribution in [-0.2, 0) is 19.6 Å². The van der Waals surface area contributed by atoms with Crippen LogP contribution >= 0.6 is 11.6 Å². The molecule has 0 amide bonds. The lowest BCUT2D eigenvalue weighted by atomic mass is 10.3. The number of benzene rings is 2. The van der Waals surface area contributed by atoms with E-state index in [-0.39, 0.29) is 28.6 Å². The molecular weight excluding hydrogens is 373 g/mol. The minimum atomic E-state index is -3.99. The van der Waals surface area contributed by atoms with Crippen LogP contribution in [-0.4, -0.2) is 28.1 Å². The molecule has 0 unspecified atom stereocenters. The van der Waals surface area contributed by atoms with E-state index >= 15 is 0 Å². The van der Waals surface area contributed by atoms with E-state index in [0.29, 0.717) is 5.75 Å². The first kappa shape index (κ1) is 19.0. The Balaban J connectivity index is 2.07. The first-order chi connectivity index (χ1) is 11.8. The zero-order chi connectivity index (χ0) is 18.4. The second-order valence-corrected chi connectivity index (χ2v) is 6.94. The zero-order valence-electron chi connectivity index (χ0n) is 13.2. The van der Waals surface area contributed by atoms with Crippen LogP contribution in [0.2, 0.25) is 5.02 Å². The van der Waals surface area contributed by atoms with E-state index in [9.17, 15) is 17.6 Å². The van der Waals surface area contributed by atoms with E-state index in [1.807, 2.05) is 0 Å². The molecular formula is C16H15ClFNO5S. The number of carbonyl (C=O) groups is 1. The molecule has 0 saturated carbocycles. The molecule has 2 aromatic rings. The summed E-state index contributed by atoms with van der Waals surface area (Å²) in [6.07, 6.45) is 0.0755. The molecule has 0 heterocycles. The molecule has 2 aromatic carbocycles. The Morgan fingerprint density at radius 1 is 1.20 bits per heavy atom. The van der Waals surface area contributed by atoms with Crippen LogP contribution in [0.25, 0.3) is 0 Å². The standard InChI is InChI=1S/C16H15ClFNO5S/c1-23-15(20)9-10-24-11-5-7-12(8-6-11)25(21,22)19-14-4-2-3-13(17)16(14)18/h2-8,19H,9-10H2,1H3. The predicted octanol–water partition coefficient (Wildman–Crippen LogP) is 3.22. The third-order valence-corrected chi connectivity index (χ3v) is 4.81. The quantitative estimate of drug-likeness (QED) is 0.737. The molecule has 0 saturated heterocycles. The van der Waals surface area contributed by atoms with Crippen LogP contribution in [0.15, 0.2) is 47.4 Å². The van der Waals surface area contributed by atoms with Gasteiger partial charge in [-0.2, -0.15) is 0 Å². The Kier molecular flexibility index (Phi) is 6.22. The fraction of sp³-hybridized carbons (Fsp3) is 0.188. The SMILES string of the molecule is COC(=O)CCOc1ccc(S(=O)(=O)Nc2cccc(Cl)c2F)cc1. The van der Waals surface area contributed by atoms with Crippen LogP contribution in [0.1, 0.15) is 6.42 Å². The van der Waals surface area contributed by atoms with Gasteiger partial charge >= 0.3 is 5.97 Å². The highest BCUT2D eigenvalue weighted by atomic mass is 35.5. The molecule has 25 heavy (non-hydrogen) atoms. The molecule has 0 fully saturated rings. The molecule has 2 rings (SSSR count). The Morgan fingerprint density at radius 2 is 1.88 bits per heavy atom. The Bertz CT molecular complexity index is 855. The van der Waals surface area contributed by atoms with Gasteiger partial charge in [-0.25, -0.2) is 12.8 Å². The number of nitrogens with one attached hydrogen (secondary N) is 1. The maximum absolute atomic E-state index is 13.8. The van der Waals surface area contributed by atoms with E-state index in [2.05, 4.69) is 9.46 Å². The molecule has 0 aliphatic heterocycles. The van der Waals surface area contributed by atoms with Gasteiger partial charge in [-0.3, -0.25) is 9.52 Å². The summed E-state index contributed by atoms with van der Waals surface area (Å²) in [4.78, 5) is 10.9. The normalized spacial score (nSPS) is 11.0. The van der Waals surface area contributed by atoms with Gasteiger partial charge in [-0.05, 0) is 36.4 Å². The van der Waals surface area contributed by atoms with E-state index in [1.165, 1.54) is 49.6 Å². The number of hydrogen-bond donors (Lipinski definition) is 1. The van der Waals surface area contributed by atoms with Crippen molar-refractivity contribution in [1.29, 1.82) is 0 Å². The number of esters is 1. The monoisotopic (exact) mass is 387 g/mol. The van der Waals surface area contributed by atoms with E-state index < -0.39 is 21.8 Å². The molecule has 0 aromatic heterocycles. The molecule has 134 valence electrons. The average molecular weight is 388 g/mol. The maximum Gasteiger partial charge on any atom is 0.308 e. The van der Waals surface area contributed by atoms with Crippen LogP contribution in [0.3, 0.4) is 0 Å². The Morgan fingerprint density at radius 3 is 2.52 bits per heavy atom. The van der Waals surface area contributed by atoms with Crippen molar-refractivity contribution in [2.75, 3.05) is 18.4 Å². The Labute approximate surface area is 149 Å². The van der Waals surface area contributed by atoms with Crippen molar-refractivity contribution < 1.29 is 27.1 Å². The number of anilines is 1. The molecule has 9 heteroatoms. The van der Waals surface area contributed by atoms with Crippen molar-refractivity contribution in [1.82, 2.24) is 0 Å². The lowest BCUT2D eigenvalue weighted by Crippen LogP contribution is -2.14.